The van der Waals surface area contributed by atoms with E-state index in [1.165, 1.54) is 0 Å². The molecule has 23 heavy (non-hydrogen) atoms. The van der Waals surface area contributed by atoms with Gasteiger partial charge in [0, 0.05) is 32.7 Å². The second kappa shape index (κ2) is 6.91. The molecule has 5 nitrogen and oxygen atoms in total. The Balaban J connectivity index is 1.71. The summed E-state index contributed by atoms with van der Waals surface area (Å²) in [5.74, 6) is 0.980. The van der Waals surface area contributed by atoms with Crippen LogP contribution in [0.2, 0.25) is 0 Å². The average Bonchev–Trinajstić information content (AvgIpc) is 2.59. The second-order valence-electron chi connectivity index (χ2n) is 5.57. The number of thiocarbonyl (C=S) groups is 1. The van der Waals surface area contributed by atoms with Gasteiger partial charge in [-0.25, -0.2) is 9.97 Å². The summed E-state index contributed by atoms with van der Waals surface area (Å²) in [5, 5.41) is 3.98. The van der Waals surface area contributed by atoms with Crippen molar-refractivity contribution in [3.8, 4) is 0 Å². The van der Waals surface area contributed by atoms with Gasteiger partial charge in [0.15, 0.2) is 10.9 Å². The number of nitrogens with one attached hydrogen (secondary N) is 1. The Kier molecular flexibility index (Phi) is 4.71. The Bertz CT molecular complexity index is 722. The zero-order valence-corrected chi connectivity index (χ0v) is 14.1. The van der Waals surface area contributed by atoms with Gasteiger partial charge < -0.3 is 15.1 Å². The molecular formula is C17H21N5S. The fourth-order valence-corrected chi connectivity index (χ4v) is 3.04. The molecule has 1 aliphatic rings. The van der Waals surface area contributed by atoms with Crippen LogP contribution in [-0.2, 0) is 0 Å². The zero-order chi connectivity index (χ0) is 16.2. The van der Waals surface area contributed by atoms with E-state index in [1.807, 2.05) is 37.3 Å². The van der Waals surface area contributed by atoms with Crippen LogP contribution in [0.25, 0.3) is 11.0 Å². The molecule has 2 aromatic rings. The standard InChI is InChI=1S/C17H21N5S/c1-3-8-18-17(23)22-11-9-21(10-12-22)16-13(2)19-14-6-4-5-7-15(14)20-16/h3-7H,1,8-12H2,2H3,(H,18,23). The molecule has 0 bridgehead atoms. The number of para-hydroxylation sites is 2. The lowest BCUT2D eigenvalue weighted by atomic mass is 10.2. The van der Waals surface area contributed by atoms with E-state index in [4.69, 9.17) is 17.2 Å². The van der Waals surface area contributed by atoms with Crippen molar-refractivity contribution < 1.29 is 0 Å². The molecule has 3 rings (SSSR count). The lowest BCUT2D eigenvalue weighted by Gasteiger charge is -2.37. The average molecular weight is 327 g/mol. The number of hydrogen-bond acceptors (Lipinski definition) is 4. The Morgan fingerprint density at radius 3 is 2.52 bits per heavy atom. The van der Waals surface area contributed by atoms with E-state index in [2.05, 4.69) is 26.7 Å². The summed E-state index contributed by atoms with van der Waals surface area (Å²) in [4.78, 5) is 14.0. The number of hydrogen-bond donors (Lipinski definition) is 1. The van der Waals surface area contributed by atoms with Crippen molar-refractivity contribution in [3.63, 3.8) is 0 Å². The third-order valence-electron chi connectivity index (χ3n) is 3.98. The summed E-state index contributed by atoms with van der Waals surface area (Å²) in [6.45, 7) is 9.98. The molecule has 1 fully saturated rings. The lowest BCUT2D eigenvalue weighted by molar-refractivity contribution is 0.380. The molecule has 2 heterocycles. The molecule has 0 saturated carbocycles. The van der Waals surface area contributed by atoms with E-state index in [0.29, 0.717) is 6.54 Å². The molecule has 1 aliphatic heterocycles. The molecule has 0 atom stereocenters. The van der Waals surface area contributed by atoms with E-state index in [0.717, 1.165) is 53.8 Å². The number of piperazine rings is 1. The molecule has 6 heteroatoms. The number of benzene rings is 1. The van der Waals surface area contributed by atoms with Gasteiger partial charge in [0.2, 0.25) is 0 Å². The molecule has 0 aliphatic carbocycles. The van der Waals surface area contributed by atoms with Crippen molar-refractivity contribution in [2.45, 2.75) is 6.92 Å². The Morgan fingerprint density at radius 1 is 1.22 bits per heavy atom. The van der Waals surface area contributed by atoms with Gasteiger partial charge in [0.25, 0.3) is 0 Å². The summed E-state index contributed by atoms with van der Waals surface area (Å²) < 4.78 is 0. The largest absolute Gasteiger partial charge is 0.359 e. The summed E-state index contributed by atoms with van der Waals surface area (Å²) in [6, 6.07) is 8.00. The molecular weight excluding hydrogens is 306 g/mol. The van der Waals surface area contributed by atoms with E-state index in [9.17, 15) is 0 Å². The van der Waals surface area contributed by atoms with Crippen LogP contribution < -0.4 is 10.2 Å². The summed E-state index contributed by atoms with van der Waals surface area (Å²) in [6.07, 6.45) is 1.82. The monoisotopic (exact) mass is 327 g/mol. The van der Waals surface area contributed by atoms with E-state index < -0.39 is 0 Å². The quantitative estimate of drug-likeness (QED) is 0.688. The number of anilines is 1. The molecule has 1 N–H and O–H groups in total. The highest BCUT2D eigenvalue weighted by molar-refractivity contribution is 7.80. The highest BCUT2D eigenvalue weighted by Crippen LogP contribution is 2.21. The first kappa shape index (κ1) is 15.7. The van der Waals surface area contributed by atoms with Gasteiger partial charge in [-0.15, -0.1) is 6.58 Å². The van der Waals surface area contributed by atoms with Crippen LogP contribution in [0.4, 0.5) is 5.82 Å². The van der Waals surface area contributed by atoms with Crippen molar-refractivity contribution in [1.29, 1.82) is 0 Å². The second-order valence-corrected chi connectivity index (χ2v) is 5.96. The van der Waals surface area contributed by atoms with Crippen LogP contribution in [0.5, 0.6) is 0 Å². The smallest absolute Gasteiger partial charge is 0.169 e. The summed E-state index contributed by atoms with van der Waals surface area (Å²) >= 11 is 5.40. The molecule has 0 unspecified atom stereocenters. The topological polar surface area (TPSA) is 44.3 Å². The van der Waals surface area contributed by atoms with Crippen molar-refractivity contribution in [1.82, 2.24) is 20.2 Å². The fourth-order valence-electron chi connectivity index (χ4n) is 2.77. The number of aryl methyl sites for hydroxylation is 1. The van der Waals surface area contributed by atoms with Crippen LogP contribution in [0.1, 0.15) is 5.69 Å². The van der Waals surface area contributed by atoms with Crippen LogP contribution in [0, 0.1) is 6.92 Å². The van der Waals surface area contributed by atoms with Crippen molar-refractivity contribution >= 4 is 34.2 Å². The Labute approximate surface area is 142 Å². The predicted octanol–water partition coefficient (Wildman–Crippen LogP) is 2.12. The molecule has 1 saturated heterocycles. The van der Waals surface area contributed by atoms with Crippen molar-refractivity contribution in [2.24, 2.45) is 0 Å². The first-order valence-electron chi connectivity index (χ1n) is 7.81. The van der Waals surface area contributed by atoms with Gasteiger partial charge in [-0.1, -0.05) is 18.2 Å². The minimum atomic E-state index is 0.703. The van der Waals surface area contributed by atoms with E-state index in [1.54, 1.807) is 0 Å². The van der Waals surface area contributed by atoms with E-state index in [-0.39, 0.29) is 0 Å². The predicted molar refractivity (Wildman–Crippen MR) is 98.9 cm³/mol. The van der Waals surface area contributed by atoms with Gasteiger partial charge in [0.1, 0.15) is 0 Å². The number of fused-ring (bicyclic) bond motifs is 1. The summed E-state index contributed by atoms with van der Waals surface area (Å²) in [5.41, 5.74) is 2.87. The SMILES string of the molecule is C=CCNC(=S)N1CCN(c2nc3ccccc3nc2C)CC1. The fraction of sp³-hybridized carbons (Fsp3) is 0.353. The highest BCUT2D eigenvalue weighted by atomic mass is 32.1. The van der Waals surface area contributed by atoms with Crippen molar-refractivity contribution in [2.75, 3.05) is 37.6 Å². The van der Waals surface area contributed by atoms with Gasteiger partial charge in [-0.2, -0.15) is 0 Å². The maximum absolute atomic E-state index is 5.40. The van der Waals surface area contributed by atoms with Crippen molar-refractivity contribution in [3.05, 3.63) is 42.6 Å². The highest BCUT2D eigenvalue weighted by Gasteiger charge is 2.21. The molecule has 120 valence electrons. The zero-order valence-electron chi connectivity index (χ0n) is 13.3. The minimum Gasteiger partial charge on any atom is -0.359 e. The first-order chi connectivity index (χ1) is 11.2. The van der Waals surface area contributed by atoms with Crippen LogP contribution in [0.15, 0.2) is 36.9 Å². The molecule has 0 radical (unpaired) electrons. The molecule has 1 aromatic heterocycles. The Hall–Kier alpha value is -2.21. The maximum Gasteiger partial charge on any atom is 0.169 e. The number of aromatic nitrogens is 2. The normalized spacial score (nSPS) is 14.8. The Morgan fingerprint density at radius 2 is 1.87 bits per heavy atom. The number of nitrogens with zero attached hydrogens (tertiary/aromatic N) is 4. The van der Waals surface area contributed by atoms with Crippen LogP contribution in [-0.4, -0.2) is 52.7 Å². The third-order valence-corrected chi connectivity index (χ3v) is 4.39. The van der Waals surface area contributed by atoms with Crippen LogP contribution in [0.3, 0.4) is 0 Å². The number of rotatable bonds is 3. The lowest BCUT2D eigenvalue weighted by Crippen LogP contribution is -2.52. The third kappa shape index (κ3) is 3.42. The maximum atomic E-state index is 5.40. The van der Waals surface area contributed by atoms with Gasteiger partial charge in [0.05, 0.1) is 16.7 Å². The molecule has 1 aromatic carbocycles. The molecule has 0 spiro atoms. The summed E-state index contributed by atoms with van der Waals surface area (Å²) in [7, 11) is 0. The van der Waals surface area contributed by atoms with E-state index >= 15 is 0 Å². The van der Waals surface area contributed by atoms with Gasteiger partial charge in [-0.3, -0.25) is 0 Å². The first-order valence-corrected chi connectivity index (χ1v) is 8.22. The molecule has 0 amide bonds. The van der Waals surface area contributed by atoms with Crippen LogP contribution >= 0.6 is 12.2 Å². The minimum absolute atomic E-state index is 0.703. The van der Waals surface area contributed by atoms with Gasteiger partial charge >= 0.3 is 0 Å². The van der Waals surface area contributed by atoms with Gasteiger partial charge in [-0.05, 0) is 31.3 Å².